The lowest BCUT2D eigenvalue weighted by molar-refractivity contribution is 0.0381. The predicted octanol–water partition coefficient (Wildman–Crippen LogP) is 5.40. The van der Waals surface area contributed by atoms with Crippen LogP contribution < -0.4 is 10.1 Å². The van der Waals surface area contributed by atoms with Crippen molar-refractivity contribution in [2.75, 3.05) is 12.4 Å². The van der Waals surface area contributed by atoms with Crippen molar-refractivity contribution in [3.63, 3.8) is 0 Å². The quantitative estimate of drug-likeness (QED) is 0.356. The van der Waals surface area contributed by atoms with E-state index < -0.39 is 23.7 Å². The van der Waals surface area contributed by atoms with Gasteiger partial charge in [-0.15, -0.1) is 0 Å². The maximum absolute atomic E-state index is 14.4. The van der Waals surface area contributed by atoms with Crippen LogP contribution in [0.25, 0.3) is 11.5 Å². The van der Waals surface area contributed by atoms with E-state index in [-0.39, 0.29) is 34.9 Å². The molecule has 5 rings (SSSR count). The van der Waals surface area contributed by atoms with Crippen LogP contribution in [0.3, 0.4) is 0 Å². The summed E-state index contributed by atoms with van der Waals surface area (Å²) in [5.74, 6) is -0.682. The number of cyclic esters (lactones) is 1. The Kier molecular flexibility index (Phi) is 5.57. The molecule has 178 valence electrons. The van der Waals surface area contributed by atoms with Gasteiger partial charge in [0.1, 0.15) is 46.2 Å². The Bertz CT molecular complexity index is 1460. The summed E-state index contributed by atoms with van der Waals surface area (Å²) >= 11 is 0. The van der Waals surface area contributed by atoms with E-state index in [2.05, 4.69) is 15.3 Å². The van der Waals surface area contributed by atoms with Gasteiger partial charge in [0.25, 0.3) is 0 Å². The summed E-state index contributed by atoms with van der Waals surface area (Å²) in [6.07, 6.45) is -2.43. The molecule has 0 spiro atoms. The molecule has 1 N–H and O–H groups in total. The third kappa shape index (κ3) is 4.57. The standard InChI is InChI=1S/C26H21F2N3O4/c1-14-3-10-20(34-14)23-22-24(21(35-25(22)32)11-16-6-7-17(27)12-19(16)28)31-26(30-23)29-13-15-4-8-18(33-2)9-5-15/h3-10,12,21H,11,13H2,1-2H3,(H,29,30,31)/i21D. The number of ether oxygens (including phenoxy) is 2. The Morgan fingerprint density at radius 2 is 1.91 bits per heavy atom. The van der Waals surface area contributed by atoms with E-state index >= 15 is 0 Å². The zero-order chi connectivity index (χ0) is 25.4. The van der Waals surface area contributed by atoms with Gasteiger partial charge in [-0.2, -0.15) is 0 Å². The molecule has 4 aromatic rings. The molecule has 3 heterocycles. The van der Waals surface area contributed by atoms with Crippen molar-refractivity contribution >= 4 is 11.9 Å². The Labute approximate surface area is 201 Å². The normalized spacial score (nSPS) is 17.0. The van der Waals surface area contributed by atoms with Crippen molar-refractivity contribution in [1.82, 2.24) is 9.97 Å². The Hall–Kier alpha value is -4.27. The number of hydrogen-bond acceptors (Lipinski definition) is 7. The number of halogens is 2. The summed E-state index contributed by atoms with van der Waals surface area (Å²) in [4.78, 5) is 21.8. The molecule has 0 radical (unpaired) electrons. The van der Waals surface area contributed by atoms with Gasteiger partial charge in [-0.1, -0.05) is 18.2 Å². The summed E-state index contributed by atoms with van der Waals surface area (Å²) in [5.41, 5.74) is 1.01. The van der Waals surface area contributed by atoms with Gasteiger partial charge in [0.2, 0.25) is 5.95 Å². The monoisotopic (exact) mass is 478 g/mol. The van der Waals surface area contributed by atoms with E-state index in [1.807, 2.05) is 24.3 Å². The second kappa shape index (κ2) is 9.17. The van der Waals surface area contributed by atoms with Gasteiger partial charge in [0.15, 0.2) is 5.76 Å². The highest BCUT2D eigenvalue weighted by Crippen LogP contribution is 2.38. The lowest BCUT2D eigenvalue weighted by Gasteiger charge is -2.13. The zero-order valence-electron chi connectivity index (χ0n) is 19.9. The number of aromatic nitrogens is 2. The second-order valence-corrected chi connectivity index (χ2v) is 7.96. The highest BCUT2D eigenvalue weighted by Gasteiger charge is 2.38. The Morgan fingerprint density at radius 1 is 1.11 bits per heavy atom. The Balaban J connectivity index is 1.55. The van der Waals surface area contributed by atoms with Crippen LogP contribution in [0, 0.1) is 18.6 Å². The summed E-state index contributed by atoms with van der Waals surface area (Å²) in [5, 5.41) is 3.10. The van der Waals surface area contributed by atoms with Crippen molar-refractivity contribution in [2.24, 2.45) is 0 Å². The fourth-order valence-electron chi connectivity index (χ4n) is 3.77. The van der Waals surface area contributed by atoms with E-state index in [1.54, 1.807) is 26.2 Å². The SMILES string of the molecule is [2H]C1(Cc2ccc(F)cc2F)OC(=O)c2c(-c3ccc(C)o3)nc(NCc3ccc(OC)cc3)nc21. The number of nitrogens with zero attached hydrogens (tertiary/aromatic N) is 2. The highest BCUT2D eigenvalue weighted by atomic mass is 19.1. The molecular formula is C26H21F2N3O4. The van der Waals surface area contributed by atoms with Crippen molar-refractivity contribution in [3.8, 4) is 17.2 Å². The van der Waals surface area contributed by atoms with Crippen LogP contribution in [0.5, 0.6) is 5.75 Å². The third-order valence-corrected chi connectivity index (χ3v) is 5.54. The molecule has 0 saturated heterocycles. The second-order valence-electron chi connectivity index (χ2n) is 7.96. The fourth-order valence-corrected chi connectivity index (χ4v) is 3.77. The van der Waals surface area contributed by atoms with Crippen LogP contribution in [0.15, 0.2) is 59.0 Å². The minimum Gasteiger partial charge on any atom is -0.497 e. The molecule has 7 nitrogen and oxygen atoms in total. The van der Waals surface area contributed by atoms with Crippen LogP contribution in [0.2, 0.25) is 0 Å². The minimum absolute atomic E-state index is 0.00815. The van der Waals surface area contributed by atoms with Gasteiger partial charge in [-0.3, -0.25) is 0 Å². The smallest absolute Gasteiger partial charge is 0.343 e. The number of benzene rings is 2. The number of carbonyl (C=O) groups excluding carboxylic acids is 1. The first-order valence-electron chi connectivity index (χ1n) is 11.3. The maximum Gasteiger partial charge on any atom is 0.343 e. The lowest BCUT2D eigenvalue weighted by atomic mass is 10.0. The molecule has 1 aliphatic rings. The molecule has 0 fully saturated rings. The van der Waals surface area contributed by atoms with Crippen LogP contribution in [-0.2, 0) is 17.7 Å². The van der Waals surface area contributed by atoms with Crippen LogP contribution in [0.4, 0.5) is 14.7 Å². The van der Waals surface area contributed by atoms with Gasteiger partial charge in [-0.05, 0) is 48.4 Å². The third-order valence-electron chi connectivity index (χ3n) is 5.54. The van der Waals surface area contributed by atoms with Crippen molar-refractivity contribution < 1.29 is 28.8 Å². The number of nitrogens with one attached hydrogen (secondary N) is 1. The summed E-state index contributed by atoms with van der Waals surface area (Å²) in [7, 11) is 1.58. The molecule has 0 bridgehead atoms. The molecule has 1 atom stereocenters. The van der Waals surface area contributed by atoms with E-state index in [4.69, 9.17) is 15.3 Å². The molecule has 9 heteroatoms. The summed E-state index contributed by atoms with van der Waals surface area (Å²) < 4.78 is 53.0. The molecule has 0 aliphatic carbocycles. The van der Waals surface area contributed by atoms with E-state index in [0.29, 0.717) is 23.8 Å². The van der Waals surface area contributed by atoms with Crippen molar-refractivity contribution in [2.45, 2.75) is 26.0 Å². The molecule has 35 heavy (non-hydrogen) atoms. The van der Waals surface area contributed by atoms with E-state index in [1.165, 1.54) is 6.07 Å². The predicted molar refractivity (Wildman–Crippen MR) is 123 cm³/mol. The maximum atomic E-state index is 14.4. The number of furan rings is 1. The molecule has 1 unspecified atom stereocenters. The largest absolute Gasteiger partial charge is 0.497 e. The first-order chi connectivity index (χ1) is 17.3. The molecular weight excluding hydrogens is 456 g/mol. The molecule has 2 aromatic heterocycles. The number of carbonyl (C=O) groups is 1. The molecule has 1 aliphatic heterocycles. The zero-order valence-corrected chi connectivity index (χ0v) is 18.9. The van der Waals surface area contributed by atoms with E-state index in [0.717, 1.165) is 17.7 Å². The number of aryl methyl sites for hydroxylation is 1. The number of hydrogen-bond donors (Lipinski definition) is 1. The topological polar surface area (TPSA) is 86.5 Å². The molecule has 0 saturated carbocycles. The van der Waals surface area contributed by atoms with Gasteiger partial charge in [-0.25, -0.2) is 23.5 Å². The number of esters is 1. The first-order valence-corrected chi connectivity index (χ1v) is 10.8. The van der Waals surface area contributed by atoms with Crippen molar-refractivity contribution in [3.05, 3.63) is 94.4 Å². The fraction of sp³-hybridized carbons (Fsp3) is 0.192. The van der Waals surface area contributed by atoms with Gasteiger partial charge >= 0.3 is 5.97 Å². The minimum atomic E-state index is -2.05. The summed E-state index contributed by atoms with van der Waals surface area (Å²) in [6.45, 7) is 2.09. The number of fused-ring (bicyclic) bond motifs is 1. The Morgan fingerprint density at radius 3 is 2.60 bits per heavy atom. The lowest BCUT2D eigenvalue weighted by Crippen LogP contribution is -2.10. The van der Waals surface area contributed by atoms with Gasteiger partial charge < -0.3 is 19.2 Å². The average Bonchev–Trinajstić information content (AvgIpc) is 3.40. The van der Waals surface area contributed by atoms with Crippen LogP contribution in [0.1, 0.15) is 40.4 Å². The number of methoxy groups -OCH3 is 1. The van der Waals surface area contributed by atoms with Gasteiger partial charge in [0.05, 0.1) is 8.48 Å². The van der Waals surface area contributed by atoms with Crippen LogP contribution >= 0.6 is 0 Å². The van der Waals surface area contributed by atoms with Gasteiger partial charge in [0, 0.05) is 19.0 Å². The number of rotatable bonds is 7. The van der Waals surface area contributed by atoms with E-state index in [9.17, 15) is 13.6 Å². The van der Waals surface area contributed by atoms with Crippen molar-refractivity contribution in [1.29, 1.82) is 0 Å². The average molecular weight is 478 g/mol. The molecule has 2 aromatic carbocycles. The summed E-state index contributed by atoms with van der Waals surface area (Å²) in [6, 6.07) is 13.8. The first kappa shape index (κ1) is 21.3. The molecule has 0 amide bonds. The van der Waals surface area contributed by atoms with Crippen LogP contribution in [-0.4, -0.2) is 23.0 Å². The number of anilines is 1. The highest BCUT2D eigenvalue weighted by molar-refractivity contribution is 5.99.